The molecule has 1 amide bonds. The van der Waals surface area contributed by atoms with Gasteiger partial charge in [0.2, 0.25) is 0 Å². The van der Waals surface area contributed by atoms with Gasteiger partial charge in [-0.2, -0.15) is 0 Å². The second kappa shape index (κ2) is 5.18. The van der Waals surface area contributed by atoms with Crippen LogP contribution in [0.25, 0.3) is 0 Å². The number of carbonyl (C=O) groups is 1. The molecule has 4 heteroatoms. The summed E-state index contributed by atoms with van der Waals surface area (Å²) in [4.78, 5) is 16.4. The van der Waals surface area contributed by atoms with E-state index in [0.717, 1.165) is 17.0 Å². The molecule has 0 aliphatic carbocycles. The Morgan fingerprint density at radius 1 is 1.16 bits per heavy atom. The molecule has 98 valence electrons. The number of aryl methyl sites for hydroxylation is 3. The first kappa shape index (κ1) is 13.2. The molecule has 0 spiro atoms. The van der Waals surface area contributed by atoms with Gasteiger partial charge in [-0.1, -0.05) is 0 Å². The summed E-state index contributed by atoms with van der Waals surface area (Å²) in [6.07, 6.45) is 0. The van der Waals surface area contributed by atoms with E-state index in [1.165, 1.54) is 24.3 Å². The number of nitrogens with zero attached hydrogens (tertiary/aromatic N) is 1. The summed E-state index contributed by atoms with van der Waals surface area (Å²) in [6.45, 7) is 5.67. The predicted molar refractivity (Wildman–Crippen MR) is 72.8 cm³/mol. The van der Waals surface area contributed by atoms with Gasteiger partial charge in [-0.3, -0.25) is 9.78 Å². The van der Waals surface area contributed by atoms with Gasteiger partial charge in [-0.15, -0.1) is 0 Å². The van der Waals surface area contributed by atoms with Crippen molar-refractivity contribution in [3.8, 4) is 0 Å². The molecule has 0 unspecified atom stereocenters. The number of hydrogen-bond acceptors (Lipinski definition) is 2. The van der Waals surface area contributed by atoms with Gasteiger partial charge in [0.1, 0.15) is 5.82 Å². The Bertz CT molecular complexity index is 598. The number of aromatic nitrogens is 1. The maximum atomic E-state index is 12.8. The molecule has 1 aromatic carbocycles. The third kappa shape index (κ3) is 2.96. The lowest BCUT2D eigenvalue weighted by Crippen LogP contribution is -2.14. The molecular weight excluding hydrogens is 243 g/mol. The number of pyridine rings is 1. The smallest absolute Gasteiger partial charge is 0.255 e. The second-order valence-electron chi connectivity index (χ2n) is 4.50. The van der Waals surface area contributed by atoms with Crippen LogP contribution in [0.1, 0.15) is 27.3 Å². The Hall–Kier alpha value is -2.23. The predicted octanol–water partition coefficient (Wildman–Crippen LogP) is 3.40. The lowest BCUT2D eigenvalue weighted by atomic mass is 10.1. The van der Waals surface area contributed by atoms with Crippen LogP contribution in [0.15, 0.2) is 30.3 Å². The minimum Gasteiger partial charge on any atom is -0.320 e. The lowest BCUT2D eigenvalue weighted by Gasteiger charge is -2.12. The Labute approximate surface area is 111 Å². The maximum absolute atomic E-state index is 12.8. The summed E-state index contributed by atoms with van der Waals surface area (Å²) in [5.74, 6) is -0.627. The zero-order valence-electron chi connectivity index (χ0n) is 11.1. The zero-order chi connectivity index (χ0) is 14.0. The van der Waals surface area contributed by atoms with E-state index in [1.54, 1.807) is 0 Å². The molecule has 19 heavy (non-hydrogen) atoms. The van der Waals surface area contributed by atoms with Gasteiger partial charge in [-0.25, -0.2) is 4.39 Å². The standard InChI is InChI=1S/C15H15FN2O/c1-9-8-10(2)17-11(3)14(9)18-15(19)12-4-6-13(16)7-5-12/h4-8H,1-3H3,(H,18,19). The first-order valence-corrected chi connectivity index (χ1v) is 5.99. The Kier molecular flexibility index (Phi) is 3.60. The topological polar surface area (TPSA) is 42.0 Å². The van der Waals surface area contributed by atoms with Crippen molar-refractivity contribution in [1.82, 2.24) is 4.98 Å². The van der Waals surface area contributed by atoms with E-state index < -0.39 is 0 Å². The molecule has 0 aliphatic heterocycles. The van der Waals surface area contributed by atoms with E-state index in [0.29, 0.717) is 11.3 Å². The number of hydrogen-bond donors (Lipinski definition) is 1. The van der Waals surface area contributed by atoms with Crippen LogP contribution < -0.4 is 5.32 Å². The molecule has 1 heterocycles. The second-order valence-corrected chi connectivity index (χ2v) is 4.50. The average molecular weight is 258 g/mol. The summed E-state index contributed by atoms with van der Waals surface area (Å²) in [5.41, 5.74) is 3.77. The third-order valence-corrected chi connectivity index (χ3v) is 2.87. The highest BCUT2D eigenvalue weighted by Crippen LogP contribution is 2.20. The summed E-state index contributed by atoms with van der Waals surface area (Å²) in [6, 6.07) is 7.35. The van der Waals surface area contributed by atoms with Gasteiger partial charge in [0, 0.05) is 11.3 Å². The van der Waals surface area contributed by atoms with E-state index in [4.69, 9.17) is 0 Å². The Balaban J connectivity index is 2.26. The number of amides is 1. The van der Waals surface area contributed by atoms with Crippen molar-refractivity contribution in [1.29, 1.82) is 0 Å². The molecule has 1 N–H and O–H groups in total. The number of anilines is 1. The van der Waals surface area contributed by atoms with Crippen molar-refractivity contribution >= 4 is 11.6 Å². The summed E-state index contributed by atoms with van der Waals surface area (Å²) < 4.78 is 12.8. The fraction of sp³-hybridized carbons (Fsp3) is 0.200. The monoisotopic (exact) mass is 258 g/mol. The number of benzene rings is 1. The van der Waals surface area contributed by atoms with Crippen LogP contribution in [0.2, 0.25) is 0 Å². The third-order valence-electron chi connectivity index (χ3n) is 2.87. The van der Waals surface area contributed by atoms with Gasteiger partial charge in [-0.05, 0) is 56.7 Å². The highest BCUT2D eigenvalue weighted by Gasteiger charge is 2.11. The normalized spacial score (nSPS) is 10.3. The minimum atomic E-state index is -0.360. The van der Waals surface area contributed by atoms with Gasteiger partial charge >= 0.3 is 0 Å². The zero-order valence-corrected chi connectivity index (χ0v) is 11.1. The highest BCUT2D eigenvalue weighted by atomic mass is 19.1. The summed E-state index contributed by atoms with van der Waals surface area (Å²) in [5, 5.41) is 2.82. The fourth-order valence-corrected chi connectivity index (χ4v) is 2.00. The van der Waals surface area contributed by atoms with Crippen LogP contribution in [-0.2, 0) is 0 Å². The van der Waals surface area contributed by atoms with Gasteiger partial charge in [0.15, 0.2) is 0 Å². The van der Waals surface area contributed by atoms with Crippen molar-refractivity contribution in [2.75, 3.05) is 5.32 Å². The van der Waals surface area contributed by atoms with Gasteiger partial charge in [0.25, 0.3) is 5.91 Å². The first-order chi connectivity index (χ1) is 8.97. The molecule has 2 rings (SSSR count). The van der Waals surface area contributed by atoms with Crippen molar-refractivity contribution in [3.63, 3.8) is 0 Å². The van der Waals surface area contributed by atoms with Crippen LogP contribution >= 0.6 is 0 Å². The van der Waals surface area contributed by atoms with E-state index in [9.17, 15) is 9.18 Å². The quantitative estimate of drug-likeness (QED) is 0.897. The molecule has 0 atom stereocenters. The molecule has 0 bridgehead atoms. The van der Waals surface area contributed by atoms with E-state index in [1.807, 2.05) is 26.8 Å². The van der Waals surface area contributed by atoms with Gasteiger partial charge < -0.3 is 5.32 Å². The lowest BCUT2D eigenvalue weighted by molar-refractivity contribution is 0.102. The highest BCUT2D eigenvalue weighted by molar-refractivity contribution is 6.04. The fourth-order valence-electron chi connectivity index (χ4n) is 2.00. The largest absolute Gasteiger partial charge is 0.320 e. The molecule has 0 saturated heterocycles. The van der Waals surface area contributed by atoms with Crippen molar-refractivity contribution in [2.24, 2.45) is 0 Å². The van der Waals surface area contributed by atoms with E-state index in [2.05, 4.69) is 10.3 Å². The molecule has 0 fully saturated rings. The molecule has 2 aromatic rings. The van der Waals surface area contributed by atoms with Crippen LogP contribution in [-0.4, -0.2) is 10.9 Å². The number of carbonyl (C=O) groups excluding carboxylic acids is 1. The van der Waals surface area contributed by atoms with Crippen LogP contribution in [0, 0.1) is 26.6 Å². The Morgan fingerprint density at radius 3 is 2.37 bits per heavy atom. The minimum absolute atomic E-state index is 0.267. The van der Waals surface area contributed by atoms with Crippen LogP contribution in [0.5, 0.6) is 0 Å². The number of halogens is 1. The first-order valence-electron chi connectivity index (χ1n) is 5.99. The van der Waals surface area contributed by atoms with E-state index in [-0.39, 0.29) is 11.7 Å². The molecular formula is C15H15FN2O. The number of nitrogens with one attached hydrogen (secondary N) is 1. The maximum Gasteiger partial charge on any atom is 0.255 e. The molecule has 3 nitrogen and oxygen atoms in total. The van der Waals surface area contributed by atoms with Crippen LogP contribution in [0.4, 0.5) is 10.1 Å². The van der Waals surface area contributed by atoms with Crippen molar-refractivity contribution in [3.05, 3.63) is 58.7 Å². The van der Waals surface area contributed by atoms with Crippen LogP contribution in [0.3, 0.4) is 0 Å². The van der Waals surface area contributed by atoms with E-state index >= 15 is 0 Å². The SMILES string of the molecule is Cc1cc(C)c(NC(=O)c2ccc(F)cc2)c(C)n1. The number of rotatable bonds is 2. The summed E-state index contributed by atoms with van der Waals surface area (Å²) >= 11 is 0. The van der Waals surface area contributed by atoms with Gasteiger partial charge in [0.05, 0.1) is 11.4 Å². The van der Waals surface area contributed by atoms with Crippen molar-refractivity contribution < 1.29 is 9.18 Å². The molecule has 1 aromatic heterocycles. The Morgan fingerprint density at radius 2 is 1.79 bits per heavy atom. The molecule has 0 saturated carbocycles. The molecule has 0 aliphatic rings. The average Bonchev–Trinajstić information content (AvgIpc) is 2.34. The summed E-state index contributed by atoms with van der Waals surface area (Å²) in [7, 11) is 0. The van der Waals surface area contributed by atoms with Crippen molar-refractivity contribution in [2.45, 2.75) is 20.8 Å². The molecule has 0 radical (unpaired) electrons.